The number of aromatic nitrogens is 1. The molecule has 0 aliphatic heterocycles. The van der Waals surface area contributed by atoms with Crippen LogP contribution in [0.1, 0.15) is 18.4 Å². The molecule has 2 nitrogen and oxygen atoms in total. The average molecular weight is 945 g/mol. The smallest absolute Gasteiger partial charge is 0.0547 e. The van der Waals surface area contributed by atoms with Crippen molar-refractivity contribution in [2.45, 2.75) is 12.8 Å². The molecule has 13 rings (SSSR count). The van der Waals surface area contributed by atoms with Gasteiger partial charge in [-0.1, -0.05) is 231 Å². The van der Waals surface area contributed by atoms with Crippen molar-refractivity contribution >= 4 is 44.4 Å². The number of rotatable bonds is 11. The molecule has 0 radical (unpaired) electrons. The van der Waals surface area contributed by atoms with Crippen LogP contribution in [0.25, 0.3) is 99.8 Å². The van der Waals surface area contributed by atoms with Gasteiger partial charge in [-0.2, -0.15) is 0 Å². The second kappa shape index (κ2) is 19.6. The largest absolute Gasteiger partial charge is 0.310 e. The van der Waals surface area contributed by atoms with E-state index in [1.807, 2.05) is 0 Å². The molecule has 350 valence electrons. The van der Waals surface area contributed by atoms with Gasteiger partial charge in [0, 0.05) is 33.5 Å². The van der Waals surface area contributed by atoms with Crippen LogP contribution in [0.3, 0.4) is 0 Å². The van der Waals surface area contributed by atoms with Crippen LogP contribution < -0.4 is 4.90 Å². The van der Waals surface area contributed by atoms with E-state index in [9.17, 15) is 0 Å². The Labute approximate surface area is 433 Å². The first-order chi connectivity index (χ1) is 36.7. The first-order valence-corrected chi connectivity index (χ1v) is 25.7. The third-order valence-electron chi connectivity index (χ3n) is 14.6. The zero-order valence-electron chi connectivity index (χ0n) is 41.0. The number of fused-ring (bicyclic) bond motifs is 3. The lowest BCUT2D eigenvalue weighted by molar-refractivity contribution is 1.04. The number of para-hydroxylation sites is 2. The molecule has 1 heterocycles. The summed E-state index contributed by atoms with van der Waals surface area (Å²) in [4.78, 5) is 2.43. The van der Waals surface area contributed by atoms with Gasteiger partial charge in [0.25, 0.3) is 0 Å². The molecule has 0 N–H and O–H groups in total. The normalized spacial score (nSPS) is 12.2. The van der Waals surface area contributed by atoms with Crippen molar-refractivity contribution in [3.63, 3.8) is 0 Å². The number of nitrogens with zero attached hydrogens (tertiary/aromatic N) is 2. The second-order valence-electron chi connectivity index (χ2n) is 19.1. The summed E-state index contributed by atoms with van der Waals surface area (Å²) in [6, 6.07) is 99.7. The minimum absolute atomic E-state index is 1.03. The van der Waals surface area contributed by atoms with E-state index in [4.69, 9.17) is 0 Å². The Balaban J connectivity index is 0.974. The first-order valence-electron chi connectivity index (χ1n) is 25.7. The standard InChI is InChI=1S/C72H52N2/c1-5-21-51(22-6-1)52-41-43-53(44-42-52)54-45-47-60(48-46-54)73(62-32-18-28-58(50-62)66-38-20-40-70-72(66)68-35-15-16-39-69(68)74(70)59-29-11-4-12-30-59)61-31-17-27-57(49-61)65-37-19-36-64(56-25-9-3-10-26-56)71(65)67-34-14-13-33-63(67)55-23-7-2-8-24-55/h1-2,4-9,11-50H,3,10H2. The predicted molar refractivity (Wildman–Crippen MR) is 314 cm³/mol. The number of hydrogen-bond donors (Lipinski definition) is 0. The molecule has 0 unspecified atom stereocenters. The van der Waals surface area contributed by atoms with E-state index >= 15 is 0 Å². The van der Waals surface area contributed by atoms with Gasteiger partial charge in [-0.05, 0) is 151 Å². The molecule has 0 spiro atoms. The molecule has 12 aromatic rings. The van der Waals surface area contributed by atoms with Gasteiger partial charge in [-0.3, -0.25) is 0 Å². The molecule has 0 saturated carbocycles. The van der Waals surface area contributed by atoms with Crippen molar-refractivity contribution in [1.29, 1.82) is 0 Å². The number of hydrogen-bond acceptors (Lipinski definition) is 1. The molecule has 2 heteroatoms. The summed E-state index contributed by atoms with van der Waals surface area (Å²) in [5.41, 5.74) is 23.6. The van der Waals surface area contributed by atoms with Gasteiger partial charge < -0.3 is 9.47 Å². The zero-order chi connectivity index (χ0) is 49.2. The fourth-order valence-corrected chi connectivity index (χ4v) is 11.2. The van der Waals surface area contributed by atoms with Gasteiger partial charge in [-0.25, -0.2) is 0 Å². The van der Waals surface area contributed by atoms with Gasteiger partial charge >= 0.3 is 0 Å². The molecule has 1 aromatic heterocycles. The Kier molecular flexibility index (Phi) is 11.8. The minimum atomic E-state index is 1.03. The summed E-state index contributed by atoms with van der Waals surface area (Å²) in [5, 5.41) is 2.47. The van der Waals surface area contributed by atoms with Crippen LogP contribution in [-0.2, 0) is 0 Å². The van der Waals surface area contributed by atoms with Gasteiger partial charge in [0.05, 0.1) is 11.0 Å². The molecule has 0 bridgehead atoms. The minimum Gasteiger partial charge on any atom is -0.310 e. The zero-order valence-corrected chi connectivity index (χ0v) is 41.0. The van der Waals surface area contributed by atoms with Gasteiger partial charge in [0.2, 0.25) is 0 Å². The van der Waals surface area contributed by atoms with E-state index in [2.05, 4.69) is 301 Å². The maximum Gasteiger partial charge on any atom is 0.0547 e. The van der Waals surface area contributed by atoms with Crippen molar-refractivity contribution in [3.05, 3.63) is 297 Å². The third-order valence-corrected chi connectivity index (χ3v) is 14.6. The molecular weight excluding hydrogens is 893 g/mol. The second-order valence-corrected chi connectivity index (χ2v) is 19.1. The maximum absolute atomic E-state index is 2.43. The average Bonchev–Trinajstić information content (AvgIpc) is 3.83. The van der Waals surface area contributed by atoms with E-state index in [0.29, 0.717) is 0 Å². The van der Waals surface area contributed by atoms with Crippen LogP contribution in [0.5, 0.6) is 0 Å². The highest BCUT2D eigenvalue weighted by Crippen LogP contribution is 2.46. The Bertz CT molecular complexity index is 4030. The Morgan fingerprint density at radius 1 is 0.311 bits per heavy atom. The van der Waals surface area contributed by atoms with E-state index in [1.54, 1.807) is 0 Å². The number of benzene rings is 11. The SMILES string of the molecule is C1=CC(c2cccc(-c3cccc(N(c4ccc(-c5ccc(-c6ccccc6)cc5)cc4)c4cccc(-c5cccc6c5c5ccccc5n6-c5ccccc5)c4)c3)c2-c2ccccc2-c2ccccc2)=CCC1. The van der Waals surface area contributed by atoms with E-state index < -0.39 is 0 Å². The first kappa shape index (κ1) is 44.4. The van der Waals surface area contributed by atoms with Crippen molar-refractivity contribution in [3.8, 4) is 72.4 Å². The topological polar surface area (TPSA) is 8.17 Å². The quantitative estimate of drug-likeness (QED) is 0.125. The lowest BCUT2D eigenvalue weighted by Crippen LogP contribution is -2.10. The molecule has 11 aromatic carbocycles. The van der Waals surface area contributed by atoms with Crippen molar-refractivity contribution in [1.82, 2.24) is 4.57 Å². The molecule has 0 atom stereocenters. The van der Waals surface area contributed by atoms with Crippen LogP contribution in [-0.4, -0.2) is 4.57 Å². The predicted octanol–water partition coefficient (Wildman–Crippen LogP) is 20.0. The Hall–Kier alpha value is -9.50. The highest BCUT2D eigenvalue weighted by molar-refractivity contribution is 6.16. The fourth-order valence-electron chi connectivity index (χ4n) is 11.2. The monoisotopic (exact) mass is 944 g/mol. The van der Waals surface area contributed by atoms with Crippen LogP contribution in [0, 0.1) is 0 Å². The molecule has 0 fully saturated rings. The van der Waals surface area contributed by atoms with E-state index in [-0.39, 0.29) is 0 Å². The van der Waals surface area contributed by atoms with E-state index in [1.165, 1.54) is 88.6 Å². The fraction of sp³-hybridized carbons (Fsp3) is 0.0278. The summed E-state index contributed by atoms with van der Waals surface area (Å²) in [5.74, 6) is 0. The summed E-state index contributed by atoms with van der Waals surface area (Å²) in [6.45, 7) is 0. The van der Waals surface area contributed by atoms with Gasteiger partial charge in [0.1, 0.15) is 0 Å². The van der Waals surface area contributed by atoms with Gasteiger partial charge in [0.15, 0.2) is 0 Å². The van der Waals surface area contributed by atoms with Crippen LogP contribution >= 0.6 is 0 Å². The summed E-state index contributed by atoms with van der Waals surface area (Å²) in [6.07, 6.45) is 9.12. The summed E-state index contributed by atoms with van der Waals surface area (Å²) >= 11 is 0. The molecule has 0 amide bonds. The summed E-state index contributed by atoms with van der Waals surface area (Å²) in [7, 11) is 0. The molecule has 1 aliphatic carbocycles. The molecule has 1 aliphatic rings. The van der Waals surface area contributed by atoms with Gasteiger partial charge in [-0.15, -0.1) is 0 Å². The molecule has 0 saturated heterocycles. The number of allylic oxidation sites excluding steroid dienone is 4. The van der Waals surface area contributed by atoms with Crippen LogP contribution in [0.4, 0.5) is 17.1 Å². The Morgan fingerprint density at radius 3 is 1.47 bits per heavy atom. The van der Waals surface area contributed by atoms with Crippen molar-refractivity contribution in [2.75, 3.05) is 4.90 Å². The molecular formula is C72H52N2. The Morgan fingerprint density at radius 2 is 0.797 bits per heavy atom. The van der Waals surface area contributed by atoms with Crippen LogP contribution in [0.2, 0.25) is 0 Å². The van der Waals surface area contributed by atoms with Crippen molar-refractivity contribution in [2.24, 2.45) is 0 Å². The summed E-state index contributed by atoms with van der Waals surface area (Å²) < 4.78 is 2.40. The van der Waals surface area contributed by atoms with Crippen LogP contribution in [0.15, 0.2) is 291 Å². The van der Waals surface area contributed by atoms with E-state index in [0.717, 1.165) is 46.7 Å². The lowest BCUT2D eigenvalue weighted by Gasteiger charge is -2.27. The highest BCUT2D eigenvalue weighted by Gasteiger charge is 2.22. The highest BCUT2D eigenvalue weighted by atomic mass is 15.1. The third kappa shape index (κ3) is 8.33. The maximum atomic E-state index is 2.43. The molecule has 74 heavy (non-hydrogen) atoms. The lowest BCUT2D eigenvalue weighted by atomic mass is 9.83. The number of anilines is 3. The van der Waals surface area contributed by atoms with Crippen molar-refractivity contribution < 1.29 is 0 Å².